The molecule has 0 unspecified atom stereocenters. The number of rotatable bonds is 5. The van der Waals surface area contributed by atoms with Crippen molar-refractivity contribution in [2.24, 2.45) is 5.10 Å². The number of hydrogen-bond acceptors (Lipinski definition) is 4. The van der Waals surface area contributed by atoms with E-state index in [-0.39, 0.29) is 5.91 Å². The number of benzene rings is 1. The van der Waals surface area contributed by atoms with Gasteiger partial charge in [0.15, 0.2) is 5.69 Å². The summed E-state index contributed by atoms with van der Waals surface area (Å²) in [5.74, 6) is 1.00. The molecule has 0 radical (unpaired) electrons. The van der Waals surface area contributed by atoms with Gasteiger partial charge < -0.3 is 4.74 Å². The van der Waals surface area contributed by atoms with Crippen molar-refractivity contribution < 1.29 is 9.53 Å². The molecule has 1 aliphatic carbocycles. The minimum Gasteiger partial charge on any atom is -0.497 e. The molecule has 0 aliphatic heterocycles. The highest BCUT2D eigenvalue weighted by molar-refractivity contribution is 5.93. The van der Waals surface area contributed by atoms with Gasteiger partial charge in [0.2, 0.25) is 0 Å². The van der Waals surface area contributed by atoms with Crippen molar-refractivity contribution in [2.75, 3.05) is 7.11 Å². The van der Waals surface area contributed by atoms with Gasteiger partial charge in [0.05, 0.1) is 13.3 Å². The Hall–Kier alpha value is -2.63. The van der Waals surface area contributed by atoms with Gasteiger partial charge >= 0.3 is 0 Å². The van der Waals surface area contributed by atoms with Gasteiger partial charge in [-0.3, -0.25) is 9.89 Å². The summed E-state index contributed by atoms with van der Waals surface area (Å²) in [6, 6.07) is 9.16. The van der Waals surface area contributed by atoms with E-state index in [1.54, 1.807) is 19.4 Å². The number of amides is 1. The fourth-order valence-corrected chi connectivity index (χ4v) is 1.97. The summed E-state index contributed by atoms with van der Waals surface area (Å²) in [5.41, 5.74) is 4.73. The Morgan fingerprint density at radius 1 is 1.43 bits per heavy atom. The van der Waals surface area contributed by atoms with Gasteiger partial charge in [0.1, 0.15) is 5.75 Å². The van der Waals surface area contributed by atoms with Crippen LogP contribution >= 0.6 is 0 Å². The SMILES string of the molecule is COc1ccc(C=NNC(=O)c2cc(C3CC3)[nH]n2)cc1. The molecule has 1 saturated carbocycles. The first kappa shape index (κ1) is 13.4. The van der Waals surface area contributed by atoms with E-state index in [9.17, 15) is 4.79 Å². The maximum absolute atomic E-state index is 11.9. The number of hydrazone groups is 1. The van der Waals surface area contributed by atoms with Gasteiger partial charge in [-0.2, -0.15) is 10.2 Å². The highest BCUT2D eigenvalue weighted by atomic mass is 16.5. The molecule has 1 aliphatic rings. The van der Waals surface area contributed by atoms with E-state index in [0.29, 0.717) is 11.6 Å². The highest BCUT2D eigenvalue weighted by Gasteiger charge is 2.26. The van der Waals surface area contributed by atoms with E-state index in [0.717, 1.165) is 17.0 Å². The van der Waals surface area contributed by atoms with Crippen molar-refractivity contribution in [1.82, 2.24) is 15.6 Å². The third-order valence-corrected chi connectivity index (χ3v) is 3.34. The molecular formula is C15H16N4O2. The topological polar surface area (TPSA) is 79.4 Å². The Balaban J connectivity index is 1.57. The Labute approximate surface area is 122 Å². The summed E-state index contributed by atoms with van der Waals surface area (Å²) >= 11 is 0. The van der Waals surface area contributed by atoms with Gasteiger partial charge in [-0.15, -0.1) is 0 Å². The number of methoxy groups -OCH3 is 1. The zero-order valence-corrected chi connectivity index (χ0v) is 11.7. The molecule has 2 aromatic rings. The maximum atomic E-state index is 11.9. The van der Waals surface area contributed by atoms with E-state index in [4.69, 9.17) is 4.74 Å². The molecule has 3 rings (SSSR count). The number of ether oxygens (including phenoxy) is 1. The quantitative estimate of drug-likeness (QED) is 0.651. The van der Waals surface area contributed by atoms with E-state index in [1.165, 1.54) is 12.8 Å². The molecular weight excluding hydrogens is 268 g/mol. The van der Waals surface area contributed by atoms with Crippen molar-refractivity contribution in [1.29, 1.82) is 0 Å². The molecule has 0 bridgehead atoms. The predicted molar refractivity (Wildman–Crippen MR) is 78.6 cm³/mol. The third kappa shape index (κ3) is 3.28. The summed E-state index contributed by atoms with van der Waals surface area (Å²) in [6.07, 6.45) is 3.91. The third-order valence-electron chi connectivity index (χ3n) is 3.34. The normalized spacial score (nSPS) is 14.3. The Bertz CT molecular complexity index is 657. The lowest BCUT2D eigenvalue weighted by atomic mass is 10.2. The lowest BCUT2D eigenvalue weighted by molar-refractivity contribution is 0.0950. The molecule has 0 saturated heterocycles. The van der Waals surface area contributed by atoms with Gasteiger partial charge in [-0.1, -0.05) is 0 Å². The maximum Gasteiger partial charge on any atom is 0.291 e. The number of H-pyrrole nitrogens is 1. The van der Waals surface area contributed by atoms with Crippen molar-refractivity contribution in [3.63, 3.8) is 0 Å². The molecule has 1 heterocycles. The average Bonchev–Trinajstić information content (AvgIpc) is 3.25. The van der Waals surface area contributed by atoms with E-state index in [2.05, 4.69) is 20.7 Å². The van der Waals surface area contributed by atoms with E-state index < -0.39 is 0 Å². The van der Waals surface area contributed by atoms with Crippen molar-refractivity contribution in [3.05, 3.63) is 47.3 Å². The minimum atomic E-state index is -0.317. The zero-order chi connectivity index (χ0) is 14.7. The van der Waals surface area contributed by atoms with Crippen LogP contribution in [0.5, 0.6) is 5.75 Å². The second kappa shape index (κ2) is 5.78. The second-order valence-corrected chi connectivity index (χ2v) is 4.96. The summed E-state index contributed by atoms with van der Waals surface area (Å²) in [7, 11) is 1.61. The Morgan fingerprint density at radius 3 is 2.86 bits per heavy atom. The first-order valence-corrected chi connectivity index (χ1v) is 6.79. The number of nitrogens with zero attached hydrogens (tertiary/aromatic N) is 2. The lowest BCUT2D eigenvalue weighted by Gasteiger charge is -1.99. The monoisotopic (exact) mass is 284 g/mol. The van der Waals surface area contributed by atoms with Crippen LogP contribution in [0.1, 0.15) is 40.5 Å². The summed E-state index contributed by atoms with van der Waals surface area (Å²) in [6.45, 7) is 0. The molecule has 2 N–H and O–H groups in total. The number of hydrogen-bond donors (Lipinski definition) is 2. The van der Waals surface area contributed by atoms with Crippen LogP contribution in [-0.2, 0) is 0 Å². The van der Waals surface area contributed by atoms with Crippen LogP contribution in [-0.4, -0.2) is 29.4 Å². The van der Waals surface area contributed by atoms with Crippen LogP contribution in [0.4, 0.5) is 0 Å². The van der Waals surface area contributed by atoms with Crippen LogP contribution in [0, 0.1) is 0 Å². The fraction of sp³-hybridized carbons (Fsp3) is 0.267. The first-order valence-electron chi connectivity index (χ1n) is 6.79. The zero-order valence-electron chi connectivity index (χ0n) is 11.7. The molecule has 6 nitrogen and oxygen atoms in total. The number of nitrogens with one attached hydrogen (secondary N) is 2. The minimum absolute atomic E-state index is 0.317. The van der Waals surface area contributed by atoms with Crippen LogP contribution < -0.4 is 10.2 Å². The molecule has 1 aromatic carbocycles. The number of aromatic nitrogens is 2. The Kier molecular flexibility index (Phi) is 3.68. The molecule has 0 atom stereocenters. The lowest BCUT2D eigenvalue weighted by Crippen LogP contribution is -2.18. The number of aromatic amines is 1. The summed E-state index contributed by atoms with van der Waals surface area (Å²) in [4.78, 5) is 11.9. The van der Waals surface area contributed by atoms with Crippen molar-refractivity contribution >= 4 is 12.1 Å². The highest BCUT2D eigenvalue weighted by Crippen LogP contribution is 2.38. The molecule has 1 aromatic heterocycles. The van der Waals surface area contributed by atoms with Crippen molar-refractivity contribution in [2.45, 2.75) is 18.8 Å². The largest absolute Gasteiger partial charge is 0.497 e. The van der Waals surface area contributed by atoms with Gasteiger partial charge in [-0.25, -0.2) is 5.43 Å². The summed E-state index contributed by atoms with van der Waals surface area (Å²) in [5, 5.41) is 10.8. The average molecular weight is 284 g/mol. The predicted octanol–water partition coefficient (Wildman–Crippen LogP) is 2.06. The molecule has 108 valence electrons. The Morgan fingerprint density at radius 2 is 2.19 bits per heavy atom. The standard InChI is InChI=1S/C15H16N4O2/c1-21-12-6-2-10(3-7-12)9-16-19-15(20)14-8-13(17-18-14)11-4-5-11/h2-3,6-9,11H,4-5H2,1H3,(H,17,18)(H,19,20). The molecule has 21 heavy (non-hydrogen) atoms. The van der Waals surface area contributed by atoms with Crippen LogP contribution in [0.25, 0.3) is 0 Å². The molecule has 0 spiro atoms. The van der Waals surface area contributed by atoms with Crippen molar-refractivity contribution in [3.8, 4) is 5.75 Å². The van der Waals surface area contributed by atoms with Crippen LogP contribution in [0.15, 0.2) is 35.4 Å². The van der Waals surface area contributed by atoms with Gasteiger partial charge in [0, 0.05) is 11.6 Å². The fourth-order valence-electron chi connectivity index (χ4n) is 1.97. The van der Waals surface area contributed by atoms with Crippen LogP contribution in [0.2, 0.25) is 0 Å². The molecule has 6 heteroatoms. The number of carbonyl (C=O) groups excluding carboxylic acids is 1. The smallest absolute Gasteiger partial charge is 0.291 e. The second-order valence-electron chi connectivity index (χ2n) is 4.96. The first-order chi connectivity index (χ1) is 10.3. The molecule has 1 fully saturated rings. The van der Waals surface area contributed by atoms with E-state index >= 15 is 0 Å². The van der Waals surface area contributed by atoms with Crippen LogP contribution in [0.3, 0.4) is 0 Å². The number of carbonyl (C=O) groups is 1. The van der Waals surface area contributed by atoms with Gasteiger partial charge in [-0.05, 0) is 48.7 Å². The summed E-state index contributed by atoms with van der Waals surface area (Å²) < 4.78 is 5.07. The van der Waals surface area contributed by atoms with E-state index in [1.807, 2.05) is 24.3 Å². The molecule has 1 amide bonds. The van der Waals surface area contributed by atoms with Gasteiger partial charge in [0.25, 0.3) is 5.91 Å².